The Bertz CT molecular complexity index is 649. The lowest BCUT2D eigenvalue weighted by Crippen LogP contribution is -2.43. The number of amides is 1. The first kappa shape index (κ1) is 16.7. The summed E-state index contributed by atoms with van der Waals surface area (Å²) in [5.41, 5.74) is 3.50. The molecule has 2 aromatic carbocycles. The molecule has 3 nitrogen and oxygen atoms in total. The first-order chi connectivity index (χ1) is 11.8. The van der Waals surface area contributed by atoms with Crippen molar-refractivity contribution in [1.29, 1.82) is 0 Å². The summed E-state index contributed by atoms with van der Waals surface area (Å²) in [7, 11) is 1.98. The Hall–Kier alpha value is -2.13. The second-order valence-electron chi connectivity index (χ2n) is 6.65. The van der Waals surface area contributed by atoms with Crippen LogP contribution in [0, 0.1) is 5.92 Å². The van der Waals surface area contributed by atoms with E-state index in [-0.39, 0.29) is 5.91 Å². The largest absolute Gasteiger partial charge is 0.342 e. The molecule has 1 atom stereocenters. The lowest BCUT2D eigenvalue weighted by atomic mass is 9.97. The van der Waals surface area contributed by atoms with Crippen LogP contribution in [0.15, 0.2) is 54.6 Å². The summed E-state index contributed by atoms with van der Waals surface area (Å²) in [5.74, 6) is 0.844. The number of likely N-dealkylation sites (tertiary alicyclic amines) is 1. The van der Waals surface area contributed by atoms with Crippen LogP contribution in [0.25, 0.3) is 11.1 Å². The third-order valence-electron chi connectivity index (χ3n) is 4.78. The normalized spacial score (nSPS) is 17.7. The van der Waals surface area contributed by atoms with E-state index in [1.165, 1.54) is 17.5 Å². The van der Waals surface area contributed by atoms with Gasteiger partial charge in [-0.2, -0.15) is 0 Å². The van der Waals surface area contributed by atoms with Crippen molar-refractivity contribution in [2.24, 2.45) is 5.92 Å². The van der Waals surface area contributed by atoms with Crippen molar-refractivity contribution in [2.45, 2.75) is 19.3 Å². The van der Waals surface area contributed by atoms with Gasteiger partial charge in [-0.25, -0.2) is 0 Å². The Balaban J connectivity index is 1.60. The monoisotopic (exact) mass is 322 g/mol. The number of nitrogens with one attached hydrogen (secondary N) is 1. The summed E-state index contributed by atoms with van der Waals surface area (Å²) in [4.78, 5) is 14.6. The van der Waals surface area contributed by atoms with Crippen LogP contribution in [0.4, 0.5) is 0 Å². The van der Waals surface area contributed by atoms with E-state index in [9.17, 15) is 4.79 Å². The third-order valence-corrected chi connectivity index (χ3v) is 4.78. The number of piperidine rings is 1. The smallest absolute Gasteiger partial charge is 0.226 e. The minimum atomic E-state index is 0.253. The summed E-state index contributed by atoms with van der Waals surface area (Å²) in [5, 5.41) is 3.23. The predicted octanol–water partition coefficient (Wildman–Crippen LogP) is 3.35. The zero-order valence-corrected chi connectivity index (χ0v) is 14.4. The van der Waals surface area contributed by atoms with Crippen LogP contribution in [0.1, 0.15) is 18.4 Å². The highest BCUT2D eigenvalue weighted by Gasteiger charge is 2.23. The number of carbonyl (C=O) groups excluding carboxylic acids is 1. The summed E-state index contributed by atoms with van der Waals surface area (Å²) in [6.07, 6.45) is 2.84. The van der Waals surface area contributed by atoms with Gasteiger partial charge in [-0.05, 0) is 49.0 Å². The summed E-state index contributed by atoms with van der Waals surface area (Å²) >= 11 is 0. The van der Waals surface area contributed by atoms with Crippen molar-refractivity contribution in [3.8, 4) is 11.1 Å². The lowest BCUT2D eigenvalue weighted by Gasteiger charge is -2.32. The Labute approximate surface area is 144 Å². The number of benzene rings is 2. The van der Waals surface area contributed by atoms with E-state index < -0.39 is 0 Å². The molecule has 1 aliphatic heterocycles. The van der Waals surface area contributed by atoms with Gasteiger partial charge in [0.05, 0.1) is 6.42 Å². The van der Waals surface area contributed by atoms with Gasteiger partial charge in [0.1, 0.15) is 0 Å². The van der Waals surface area contributed by atoms with Crippen molar-refractivity contribution >= 4 is 5.91 Å². The lowest BCUT2D eigenvalue weighted by molar-refractivity contribution is -0.132. The average molecular weight is 322 g/mol. The molecule has 1 N–H and O–H groups in total. The Morgan fingerprint density at radius 3 is 2.50 bits per heavy atom. The molecule has 1 fully saturated rings. The van der Waals surface area contributed by atoms with Crippen LogP contribution in [0.5, 0.6) is 0 Å². The molecule has 24 heavy (non-hydrogen) atoms. The molecule has 1 amide bonds. The second kappa shape index (κ2) is 8.11. The fraction of sp³-hybridized carbons (Fsp3) is 0.381. The zero-order valence-electron chi connectivity index (χ0n) is 14.4. The van der Waals surface area contributed by atoms with Crippen LogP contribution in [0.2, 0.25) is 0 Å². The number of hydrogen-bond acceptors (Lipinski definition) is 2. The zero-order chi connectivity index (χ0) is 16.8. The van der Waals surface area contributed by atoms with E-state index in [2.05, 4.69) is 41.7 Å². The molecule has 126 valence electrons. The minimum absolute atomic E-state index is 0.253. The standard InChI is InChI=1S/C21H26N2O/c1-22-15-18-6-5-13-23(16-18)21(24)14-17-9-11-20(12-10-17)19-7-3-2-4-8-19/h2-4,7-12,18,22H,5-6,13-16H2,1H3. The van der Waals surface area contributed by atoms with Crippen LogP contribution in [-0.4, -0.2) is 37.5 Å². The molecule has 3 heteroatoms. The van der Waals surface area contributed by atoms with E-state index in [0.717, 1.165) is 31.6 Å². The fourth-order valence-electron chi connectivity index (χ4n) is 3.48. The van der Waals surface area contributed by atoms with E-state index in [1.807, 2.05) is 30.1 Å². The molecule has 0 bridgehead atoms. The predicted molar refractivity (Wildman–Crippen MR) is 98.8 cm³/mol. The molecule has 1 aliphatic rings. The molecule has 0 saturated carbocycles. The molecular formula is C21H26N2O. The van der Waals surface area contributed by atoms with Crippen LogP contribution < -0.4 is 5.32 Å². The van der Waals surface area contributed by atoms with Gasteiger partial charge >= 0.3 is 0 Å². The molecular weight excluding hydrogens is 296 g/mol. The molecule has 0 aromatic heterocycles. The molecule has 1 unspecified atom stereocenters. The Morgan fingerprint density at radius 2 is 1.79 bits per heavy atom. The SMILES string of the molecule is CNCC1CCCN(C(=O)Cc2ccc(-c3ccccc3)cc2)C1. The molecule has 0 aliphatic carbocycles. The van der Waals surface area contributed by atoms with Gasteiger partial charge < -0.3 is 10.2 Å². The van der Waals surface area contributed by atoms with Crippen LogP contribution in [0.3, 0.4) is 0 Å². The third kappa shape index (κ3) is 4.24. The van der Waals surface area contributed by atoms with Crippen molar-refractivity contribution in [1.82, 2.24) is 10.2 Å². The van der Waals surface area contributed by atoms with E-state index >= 15 is 0 Å². The van der Waals surface area contributed by atoms with Crippen molar-refractivity contribution in [2.75, 3.05) is 26.7 Å². The number of nitrogens with zero attached hydrogens (tertiary/aromatic N) is 1. The molecule has 1 heterocycles. The average Bonchev–Trinajstić information content (AvgIpc) is 2.64. The minimum Gasteiger partial charge on any atom is -0.342 e. The maximum absolute atomic E-state index is 12.6. The first-order valence-corrected chi connectivity index (χ1v) is 8.83. The van der Waals surface area contributed by atoms with Gasteiger partial charge in [0.15, 0.2) is 0 Å². The number of rotatable bonds is 5. The summed E-state index contributed by atoms with van der Waals surface area (Å²) in [6, 6.07) is 18.7. The highest BCUT2D eigenvalue weighted by Crippen LogP contribution is 2.20. The van der Waals surface area contributed by atoms with Crippen LogP contribution in [-0.2, 0) is 11.2 Å². The second-order valence-corrected chi connectivity index (χ2v) is 6.65. The van der Waals surface area contributed by atoms with Crippen molar-refractivity contribution < 1.29 is 4.79 Å². The Morgan fingerprint density at radius 1 is 1.08 bits per heavy atom. The maximum atomic E-state index is 12.6. The van der Waals surface area contributed by atoms with Crippen LogP contribution >= 0.6 is 0 Å². The molecule has 0 radical (unpaired) electrons. The van der Waals surface area contributed by atoms with Crippen molar-refractivity contribution in [3.05, 3.63) is 60.2 Å². The quantitative estimate of drug-likeness (QED) is 0.915. The molecule has 0 spiro atoms. The number of carbonyl (C=O) groups is 1. The summed E-state index contributed by atoms with van der Waals surface area (Å²) in [6.45, 7) is 2.79. The number of hydrogen-bond donors (Lipinski definition) is 1. The van der Waals surface area contributed by atoms with Crippen molar-refractivity contribution in [3.63, 3.8) is 0 Å². The van der Waals surface area contributed by atoms with Gasteiger partial charge in [-0.15, -0.1) is 0 Å². The Kier molecular flexibility index (Phi) is 5.65. The summed E-state index contributed by atoms with van der Waals surface area (Å²) < 4.78 is 0. The van der Waals surface area contributed by atoms with Gasteiger partial charge in [0.25, 0.3) is 0 Å². The molecule has 1 saturated heterocycles. The molecule has 2 aromatic rings. The van der Waals surface area contributed by atoms with Gasteiger partial charge in [-0.1, -0.05) is 54.6 Å². The fourth-order valence-corrected chi connectivity index (χ4v) is 3.48. The van der Waals surface area contributed by atoms with Gasteiger partial charge in [0, 0.05) is 13.1 Å². The van der Waals surface area contributed by atoms with E-state index in [1.54, 1.807) is 0 Å². The van der Waals surface area contributed by atoms with Gasteiger partial charge in [-0.3, -0.25) is 4.79 Å². The maximum Gasteiger partial charge on any atom is 0.226 e. The van der Waals surface area contributed by atoms with Gasteiger partial charge in [0.2, 0.25) is 5.91 Å². The van der Waals surface area contributed by atoms with E-state index in [4.69, 9.17) is 0 Å². The van der Waals surface area contributed by atoms with E-state index in [0.29, 0.717) is 12.3 Å². The first-order valence-electron chi connectivity index (χ1n) is 8.83. The highest BCUT2D eigenvalue weighted by molar-refractivity contribution is 5.79. The highest BCUT2D eigenvalue weighted by atomic mass is 16.2. The topological polar surface area (TPSA) is 32.3 Å². The molecule has 3 rings (SSSR count).